The second-order valence-electron chi connectivity index (χ2n) is 8.92. The van der Waals surface area contributed by atoms with E-state index in [0.717, 1.165) is 49.1 Å². The summed E-state index contributed by atoms with van der Waals surface area (Å²) in [6.45, 7) is 2.51. The van der Waals surface area contributed by atoms with Crippen LogP contribution in [0, 0.1) is 0 Å². The molecule has 5 rings (SSSR count). The van der Waals surface area contributed by atoms with E-state index < -0.39 is 0 Å². The second kappa shape index (κ2) is 7.53. The minimum atomic E-state index is -0.333. The summed E-state index contributed by atoms with van der Waals surface area (Å²) in [6.07, 6.45) is 9.54. The Kier molecular flexibility index (Phi) is 4.89. The fraction of sp³-hybridized carbons (Fsp3) is 0.609. The number of benzene rings is 1. The lowest BCUT2D eigenvalue weighted by atomic mass is 9.84. The van der Waals surface area contributed by atoms with Gasteiger partial charge in [0, 0.05) is 24.0 Å². The molecule has 1 aromatic heterocycles. The van der Waals surface area contributed by atoms with Gasteiger partial charge in [0.1, 0.15) is 16.9 Å². The summed E-state index contributed by atoms with van der Waals surface area (Å²) in [5, 5.41) is 8.16. The van der Waals surface area contributed by atoms with Crippen LogP contribution in [0.5, 0.6) is 0 Å². The lowest BCUT2D eigenvalue weighted by Gasteiger charge is -2.40. The van der Waals surface area contributed by atoms with Gasteiger partial charge in [-0.05, 0) is 57.2 Å². The average molecular weight is 382 g/mol. The van der Waals surface area contributed by atoms with Crippen LogP contribution in [0.2, 0.25) is 0 Å². The van der Waals surface area contributed by atoms with E-state index in [9.17, 15) is 4.79 Å². The molecule has 2 N–H and O–H groups in total. The van der Waals surface area contributed by atoms with E-state index in [1.165, 1.54) is 32.1 Å². The summed E-state index contributed by atoms with van der Waals surface area (Å²) in [5.74, 6) is 1.01. The number of hydrogen-bond donors (Lipinski definition) is 2. The summed E-state index contributed by atoms with van der Waals surface area (Å²) < 4.78 is 5.88. The fourth-order valence-electron chi connectivity index (χ4n) is 5.67. The van der Waals surface area contributed by atoms with Crippen LogP contribution in [-0.4, -0.2) is 41.5 Å². The molecule has 2 saturated heterocycles. The third-order valence-corrected chi connectivity index (χ3v) is 7.05. The smallest absolute Gasteiger partial charge is 0.240 e. The Hall–Kier alpha value is -1.85. The first kappa shape index (κ1) is 18.2. The number of carbonyl (C=O) groups excluding carboxylic acids is 1. The van der Waals surface area contributed by atoms with Gasteiger partial charge in [-0.15, -0.1) is 0 Å². The monoisotopic (exact) mass is 381 g/mol. The molecule has 0 unspecified atom stereocenters. The maximum absolute atomic E-state index is 13.4. The molecule has 1 aliphatic carbocycles. The number of nitrogens with zero attached hydrogens (tertiary/aromatic N) is 1. The van der Waals surface area contributed by atoms with Crippen LogP contribution in [0.1, 0.15) is 57.1 Å². The summed E-state index contributed by atoms with van der Waals surface area (Å²) in [4.78, 5) is 15.8. The van der Waals surface area contributed by atoms with Crippen molar-refractivity contribution >= 4 is 16.9 Å². The van der Waals surface area contributed by atoms with Gasteiger partial charge in [-0.25, -0.2) is 0 Å². The van der Waals surface area contributed by atoms with Gasteiger partial charge in [0.25, 0.3) is 0 Å². The molecule has 0 radical (unpaired) electrons. The van der Waals surface area contributed by atoms with Crippen molar-refractivity contribution in [1.82, 2.24) is 15.5 Å². The van der Waals surface area contributed by atoms with Crippen molar-refractivity contribution in [3.63, 3.8) is 0 Å². The van der Waals surface area contributed by atoms with Gasteiger partial charge in [-0.1, -0.05) is 31.0 Å². The van der Waals surface area contributed by atoms with Crippen molar-refractivity contribution in [3.05, 3.63) is 36.1 Å². The molecular formula is C23H31N3O2. The van der Waals surface area contributed by atoms with E-state index >= 15 is 0 Å². The van der Waals surface area contributed by atoms with Crippen molar-refractivity contribution in [1.29, 1.82) is 0 Å². The number of fused-ring (bicyclic) bond motifs is 2. The van der Waals surface area contributed by atoms with Crippen molar-refractivity contribution in [2.75, 3.05) is 13.1 Å². The number of piperidine rings is 1. The van der Waals surface area contributed by atoms with Gasteiger partial charge in [-0.3, -0.25) is 9.69 Å². The zero-order valence-corrected chi connectivity index (χ0v) is 16.6. The molecule has 5 nitrogen and oxygen atoms in total. The molecule has 3 fully saturated rings. The SMILES string of the molecule is O=C(NCc1cc2ccccc2o1)[C@@]12CCCCN1C[C@@H](NC1CCCC1)C2. The van der Waals surface area contributed by atoms with Crippen LogP contribution in [0.3, 0.4) is 0 Å². The Labute approximate surface area is 166 Å². The fourth-order valence-corrected chi connectivity index (χ4v) is 5.67. The maximum Gasteiger partial charge on any atom is 0.240 e. The lowest BCUT2D eigenvalue weighted by Crippen LogP contribution is -2.57. The first-order valence-corrected chi connectivity index (χ1v) is 11.0. The van der Waals surface area contributed by atoms with Crippen LogP contribution in [0.25, 0.3) is 11.0 Å². The highest BCUT2D eigenvalue weighted by molar-refractivity contribution is 5.87. The van der Waals surface area contributed by atoms with E-state index in [4.69, 9.17) is 4.42 Å². The first-order valence-electron chi connectivity index (χ1n) is 11.0. The topological polar surface area (TPSA) is 57.5 Å². The molecule has 1 amide bonds. The molecule has 0 bridgehead atoms. The molecule has 3 aliphatic rings. The summed E-state index contributed by atoms with van der Waals surface area (Å²) >= 11 is 0. The number of para-hydroxylation sites is 1. The number of rotatable bonds is 5. The highest BCUT2D eigenvalue weighted by Crippen LogP contribution is 2.38. The third kappa shape index (κ3) is 3.35. The molecule has 5 heteroatoms. The molecular weight excluding hydrogens is 350 g/mol. The van der Waals surface area contributed by atoms with E-state index in [1.807, 2.05) is 30.3 Å². The van der Waals surface area contributed by atoms with E-state index in [2.05, 4.69) is 15.5 Å². The predicted molar refractivity (Wildman–Crippen MR) is 110 cm³/mol. The van der Waals surface area contributed by atoms with Crippen LogP contribution < -0.4 is 10.6 Å². The Balaban J connectivity index is 1.27. The van der Waals surface area contributed by atoms with E-state index in [1.54, 1.807) is 0 Å². The van der Waals surface area contributed by atoms with Gasteiger partial charge >= 0.3 is 0 Å². The van der Waals surface area contributed by atoms with E-state index in [-0.39, 0.29) is 11.4 Å². The summed E-state index contributed by atoms with van der Waals surface area (Å²) in [6, 6.07) is 11.1. The van der Waals surface area contributed by atoms with Crippen molar-refractivity contribution in [3.8, 4) is 0 Å². The van der Waals surface area contributed by atoms with Crippen LogP contribution >= 0.6 is 0 Å². The molecule has 150 valence electrons. The number of furan rings is 1. The third-order valence-electron chi connectivity index (χ3n) is 7.05. The Morgan fingerprint density at radius 2 is 2.00 bits per heavy atom. The van der Waals surface area contributed by atoms with Gasteiger partial charge in [0.2, 0.25) is 5.91 Å². The molecule has 3 heterocycles. The molecule has 2 aliphatic heterocycles. The zero-order valence-electron chi connectivity index (χ0n) is 16.6. The largest absolute Gasteiger partial charge is 0.459 e. The number of carbonyl (C=O) groups is 1. The highest BCUT2D eigenvalue weighted by Gasteiger charge is 2.52. The number of nitrogens with one attached hydrogen (secondary N) is 2. The van der Waals surface area contributed by atoms with Crippen molar-refractivity contribution in [2.24, 2.45) is 0 Å². The predicted octanol–water partition coefficient (Wildman–Crippen LogP) is 3.58. The summed E-state index contributed by atoms with van der Waals surface area (Å²) in [5.41, 5.74) is 0.548. The molecule has 0 spiro atoms. The Bertz CT molecular complexity index is 808. The van der Waals surface area contributed by atoms with Gasteiger partial charge < -0.3 is 15.1 Å². The minimum absolute atomic E-state index is 0.184. The van der Waals surface area contributed by atoms with Crippen LogP contribution in [0.15, 0.2) is 34.7 Å². The number of hydrogen-bond acceptors (Lipinski definition) is 4. The van der Waals surface area contributed by atoms with Gasteiger partial charge in [-0.2, -0.15) is 0 Å². The number of amides is 1. The molecule has 1 saturated carbocycles. The summed E-state index contributed by atoms with van der Waals surface area (Å²) in [7, 11) is 0. The van der Waals surface area contributed by atoms with Crippen LogP contribution in [-0.2, 0) is 11.3 Å². The minimum Gasteiger partial charge on any atom is -0.459 e. The quantitative estimate of drug-likeness (QED) is 0.831. The molecule has 1 aromatic carbocycles. The highest BCUT2D eigenvalue weighted by atomic mass is 16.3. The molecule has 2 aromatic rings. The van der Waals surface area contributed by atoms with Gasteiger partial charge in [0.05, 0.1) is 6.54 Å². The second-order valence-corrected chi connectivity index (χ2v) is 8.92. The average Bonchev–Trinajstić information content (AvgIpc) is 3.44. The first-order chi connectivity index (χ1) is 13.7. The van der Waals surface area contributed by atoms with Gasteiger partial charge in [0.15, 0.2) is 0 Å². The Morgan fingerprint density at radius 3 is 2.86 bits per heavy atom. The van der Waals surface area contributed by atoms with Crippen LogP contribution in [0.4, 0.5) is 0 Å². The van der Waals surface area contributed by atoms with Crippen molar-refractivity contribution < 1.29 is 9.21 Å². The van der Waals surface area contributed by atoms with Crippen molar-refractivity contribution in [2.45, 2.75) is 75.5 Å². The normalized spacial score (nSPS) is 28.6. The zero-order chi connectivity index (χ0) is 19.0. The van der Waals surface area contributed by atoms with E-state index in [0.29, 0.717) is 18.6 Å². The molecule has 28 heavy (non-hydrogen) atoms. The Morgan fingerprint density at radius 1 is 1.14 bits per heavy atom. The standard InChI is InChI=1S/C23H31N3O2/c27-22(24-15-20-13-17-7-1-4-10-21(17)28-20)23-11-5-6-12-26(23)16-19(14-23)25-18-8-2-3-9-18/h1,4,7,10,13,18-19,25H,2-3,5-6,8-9,11-12,14-16H2,(H,24,27)/t19-,23-/m0/s1. The maximum atomic E-state index is 13.4. The lowest BCUT2D eigenvalue weighted by molar-refractivity contribution is -0.134. The molecule has 2 atom stereocenters.